The van der Waals surface area contributed by atoms with E-state index in [0.29, 0.717) is 21.6 Å². The number of thiophene rings is 1. The molecule has 0 amide bonds. The van der Waals surface area contributed by atoms with E-state index in [9.17, 15) is 0 Å². The molecule has 0 aliphatic rings. The largest absolute Gasteiger partial charge is 0.309 e. The molecular weight excluding hydrogens is 239 g/mol. The monoisotopic (exact) mass is 248 g/mol. The highest BCUT2D eigenvalue weighted by Crippen LogP contribution is 2.34. The lowest BCUT2D eigenvalue weighted by molar-refractivity contribution is 0.585. The summed E-state index contributed by atoms with van der Waals surface area (Å²) in [5.74, 6) is 0. The molecule has 0 aliphatic carbocycles. The van der Waals surface area contributed by atoms with Crippen molar-refractivity contribution in [2.75, 3.05) is 6.54 Å². The zero-order chi connectivity index (χ0) is 10.6. The minimum atomic E-state index is 0.139. The van der Waals surface area contributed by atoms with E-state index in [4.69, 9.17) is 28.5 Å². The first-order valence-corrected chi connectivity index (χ1v) is 5.77. The lowest BCUT2D eigenvalue weighted by Gasteiger charge is -2.11. The van der Waals surface area contributed by atoms with Crippen LogP contribution in [0.1, 0.15) is 24.9 Å². The van der Waals surface area contributed by atoms with Gasteiger partial charge in [-0.1, -0.05) is 23.2 Å². The van der Waals surface area contributed by atoms with Crippen LogP contribution in [0.25, 0.3) is 0 Å². The maximum Gasteiger partial charge on any atom is 0.0991 e. The lowest BCUT2D eigenvalue weighted by atomic mass is 10.2. The van der Waals surface area contributed by atoms with Gasteiger partial charge in [0.05, 0.1) is 14.7 Å². The summed E-state index contributed by atoms with van der Waals surface area (Å²) in [6.45, 7) is 2.67. The van der Waals surface area contributed by atoms with Gasteiger partial charge in [0.25, 0.3) is 0 Å². The van der Waals surface area contributed by atoms with Gasteiger partial charge in [-0.15, -0.1) is 11.3 Å². The Morgan fingerprint density at radius 1 is 1.64 bits per heavy atom. The van der Waals surface area contributed by atoms with Crippen molar-refractivity contribution in [3.8, 4) is 6.07 Å². The normalized spacial score (nSPS) is 12.4. The Morgan fingerprint density at radius 2 is 2.36 bits per heavy atom. The Hall–Kier alpha value is -0.270. The summed E-state index contributed by atoms with van der Waals surface area (Å²) in [6, 6.07) is 4.07. The number of halogens is 2. The quantitative estimate of drug-likeness (QED) is 0.827. The Kier molecular flexibility index (Phi) is 4.70. The second kappa shape index (κ2) is 5.57. The van der Waals surface area contributed by atoms with Crippen LogP contribution in [0.4, 0.5) is 0 Å². The van der Waals surface area contributed by atoms with Gasteiger partial charge < -0.3 is 5.32 Å². The maximum absolute atomic E-state index is 8.37. The molecule has 0 saturated heterocycles. The van der Waals surface area contributed by atoms with E-state index in [1.807, 2.05) is 13.0 Å². The van der Waals surface area contributed by atoms with Crippen molar-refractivity contribution in [3.63, 3.8) is 0 Å². The van der Waals surface area contributed by atoms with Gasteiger partial charge in [-0.2, -0.15) is 5.26 Å². The van der Waals surface area contributed by atoms with Gasteiger partial charge in [-0.05, 0) is 18.6 Å². The maximum atomic E-state index is 8.37. The molecule has 1 heterocycles. The van der Waals surface area contributed by atoms with Crippen molar-refractivity contribution in [2.45, 2.75) is 19.4 Å². The Bertz CT molecular complexity index is 343. The highest BCUT2D eigenvalue weighted by molar-refractivity contribution is 7.20. The zero-order valence-corrected chi connectivity index (χ0v) is 10.0. The van der Waals surface area contributed by atoms with E-state index in [2.05, 4.69) is 11.4 Å². The topological polar surface area (TPSA) is 35.8 Å². The third kappa shape index (κ3) is 3.14. The first kappa shape index (κ1) is 11.8. The molecule has 0 aliphatic heterocycles. The van der Waals surface area contributed by atoms with Crippen LogP contribution in [0.3, 0.4) is 0 Å². The summed E-state index contributed by atoms with van der Waals surface area (Å²) in [4.78, 5) is 0. The molecule has 0 fully saturated rings. The minimum absolute atomic E-state index is 0.139. The Morgan fingerprint density at radius 3 is 2.86 bits per heavy atom. The molecule has 76 valence electrons. The Labute approximate surface area is 97.4 Å². The van der Waals surface area contributed by atoms with Crippen LogP contribution >= 0.6 is 34.5 Å². The fraction of sp³-hybridized carbons (Fsp3) is 0.444. The predicted octanol–water partition coefficient (Wildman–Crippen LogP) is 3.62. The average molecular weight is 249 g/mol. The minimum Gasteiger partial charge on any atom is -0.309 e. The molecule has 0 spiro atoms. The highest BCUT2D eigenvalue weighted by Gasteiger charge is 2.12. The molecule has 0 saturated carbocycles. The number of hydrogen-bond acceptors (Lipinski definition) is 3. The van der Waals surface area contributed by atoms with Crippen molar-refractivity contribution in [1.82, 2.24) is 5.32 Å². The molecule has 5 heteroatoms. The molecule has 0 radical (unpaired) electrons. The second-order valence-electron chi connectivity index (χ2n) is 2.86. The molecule has 1 N–H and O–H groups in total. The molecule has 1 aromatic heterocycles. The molecule has 1 aromatic rings. The standard InChI is InChI=1S/C9H10Cl2N2S/c1-6(13-4-2-3-12)7-5-8(10)14-9(7)11/h5-6,13H,2,4H2,1H3. The van der Waals surface area contributed by atoms with Crippen LogP contribution in [0, 0.1) is 11.3 Å². The van der Waals surface area contributed by atoms with Gasteiger partial charge in [0.15, 0.2) is 0 Å². The summed E-state index contributed by atoms with van der Waals surface area (Å²) in [5.41, 5.74) is 1.000. The summed E-state index contributed by atoms with van der Waals surface area (Å²) >= 11 is 13.2. The SMILES string of the molecule is CC(NCCC#N)c1cc(Cl)sc1Cl. The number of rotatable bonds is 4. The van der Waals surface area contributed by atoms with Crippen LogP contribution in [0.2, 0.25) is 8.67 Å². The van der Waals surface area contributed by atoms with Gasteiger partial charge in [0.1, 0.15) is 0 Å². The zero-order valence-electron chi connectivity index (χ0n) is 7.68. The summed E-state index contributed by atoms with van der Waals surface area (Å²) < 4.78 is 1.41. The van der Waals surface area contributed by atoms with Crippen LogP contribution in [0.15, 0.2) is 6.07 Å². The lowest BCUT2D eigenvalue weighted by Crippen LogP contribution is -2.19. The van der Waals surface area contributed by atoms with Gasteiger partial charge in [-0.25, -0.2) is 0 Å². The van der Waals surface area contributed by atoms with E-state index in [0.717, 1.165) is 5.56 Å². The van der Waals surface area contributed by atoms with Crippen LogP contribution in [-0.4, -0.2) is 6.54 Å². The van der Waals surface area contributed by atoms with E-state index in [-0.39, 0.29) is 6.04 Å². The average Bonchev–Trinajstić information content (AvgIpc) is 2.45. The second-order valence-corrected chi connectivity index (χ2v) is 5.15. The van der Waals surface area contributed by atoms with Gasteiger partial charge in [-0.3, -0.25) is 0 Å². The van der Waals surface area contributed by atoms with Crippen LogP contribution in [-0.2, 0) is 0 Å². The molecular formula is C9H10Cl2N2S. The fourth-order valence-corrected chi connectivity index (χ4v) is 2.75. The number of hydrogen-bond donors (Lipinski definition) is 1. The van der Waals surface area contributed by atoms with E-state index >= 15 is 0 Å². The molecule has 0 aromatic carbocycles. The third-order valence-electron chi connectivity index (χ3n) is 1.84. The first-order valence-electron chi connectivity index (χ1n) is 4.20. The van der Waals surface area contributed by atoms with Crippen molar-refractivity contribution >= 4 is 34.5 Å². The van der Waals surface area contributed by atoms with Crippen molar-refractivity contribution in [1.29, 1.82) is 5.26 Å². The molecule has 14 heavy (non-hydrogen) atoms. The molecule has 0 bridgehead atoms. The summed E-state index contributed by atoms with van der Waals surface area (Å²) in [7, 11) is 0. The highest BCUT2D eigenvalue weighted by atomic mass is 35.5. The van der Waals surface area contributed by atoms with E-state index < -0.39 is 0 Å². The van der Waals surface area contributed by atoms with Crippen molar-refractivity contribution in [3.05, 3.63) is 20.3 Å². The van der Waals surface area contributed by atoms with Crippen molar-refractivity contribution < 1.29 is 0 Å². The van der Waals surface area contributed by atoms with E-state index in [1.165, 1.54) is 11.3 Å². The van der Waals surface area contributed by atoms with Crippen LogP contribution < -0.4 is 5.32 Å². The smallest absolute Gasteiger partial charge is 0.0991 e. The van der Waals surface area contributed by atoms with Gasteiger partial charge in [0, 0.05) is 19.0 Å². The number of nitrogens with one attached hydrogen (secondary N) is 1. The summed E-state index contributed by atoms with van der Waals surface area (Å²) in [5, 5.41) is 11.6. The summed E-state index contributed by atoms with van der Waals surface area (Å²) in [6.07, 6.45) is 0.500. The number of nitriles is 1. The van der Waals surface area contributed by atoms with E-state index in [1.54, 1.807) is 0 Å². The van der Waals surface area contributed by atoms with Crippen molar-refractivity contribution in [2.24, 2.45) is 0 Å². The van der Waals surface area contributed by atoms with Gasteiger partial charge >= 0.3 is 0 Å². The van der Waals surface area contributed by atoms with Gasteiger partial charge in [0.2, 0.25) is 0 Å². The third-order valence-corrected chi connectivity index (χ3v) is 3.35. The fourth-order valence-electron chi connectivity index (χ4n) is 1.10. The molecule has 1 atom stereocenters. The number of nitrogens with zero attached hydrogens (tertiary/aromatic N) is 1. The first-order chi connectivity index (χ1) is 6.65. The Balaban J connectivity index is 2.56. The van der Waals surface area contributed by atoms with Crippen LogP contribution in [0.5, 0.6) is 0 Å². The molecule has 1 rings (SSSR count). The molecule has 1 unspecified atom stereocenters. The predicted molar refractivity (Wildman–Crippen MR) is 61.0 cm³/mol. The molecule has 2 nitrogen and oxygen atoms in total.